The first-order valence-electron chi connectivity index (χ1n) is 8.33. The highest BCUT2D eigenvalue weighted by Crippen LogP contribution is 2.31. The van der Waals surface area contributed by atoms with Crippen LogP contribution >= 0.6 is 0 Å². The summed E-state index contributed by atoms with van der Waals surface area (Å²) in [6.07, 6.45) is -11.1. The highest BCUT2D eigenvalue weighted by Gasteiger charge is 2.33. The predicted octanol–water partition coefficient (Wildman–Crippen LogP) is 2.87. The van der Waals surface area contributed by atoms with Crippen LogP contribution < -0.4 is 11.2 Å². The van der Waals surface area contributed by atoms with Crippen molar-refractivity contribution in [1.82, 2.24) is 14.1 Å². The fourth-order valence-electron chi connectivity index (χ4n) is 2.89. The van der Waals surface area contributed by atoms with E-state index in [2.05, 4.69) is 4.98 Å². The summed E-state index contributed by atoms with van der Waals surface area (Å²) in [5.74, 6) is 0. The van der Waals surface area contributed by atoms with E-state index in [4.69, 9.17) is 0 Å². The fourth-order valence-corrected chi connectivity index (χ4v) is 2.89. The van der Waals surface area contributed by atoms with E-state index in [9.17, 15) is 41.0 Å². The van der Waals surface area contributed by atoms with Gasteiger partial charge in [-0.25, -0.2) is 9.78 Å². The lowest BCUT2D eigenvalue weighted by Crippen LogP contribution is -2.40. The first kappa shape index (κ1) is 21.6. The zero-order chi connectivity index (χ0) is 22.4. The number of aryl methyl sites for hydroxylation is 1. The minimum atomic E-state index is -4.79. The van der Waals surface area contributed by atoms with Gasteiger partial charge in [-0.1, -0.05) is 12.1 Å². The molecule has 1 aromatic carbocycles. The molecule has 1 N–H and O–H groups in total. The zero-order valence-corrected chi connectivity index (χ0v) is 15.1. The summed E-state index contributed by atoms with van der Waals surface area (Å²) in [6.45, 7) is -0.705. The number of benzene rings is 1. The Bertz CT molecular complexity index is 1230. The van der Waals surface area contributed by atoms with Crippen LogP contribution in [0.25, 0.3) is 11.0 Å². The SMILES string of the molecule is Cn1c(=O)n(CC(O)c2cccc(C(F)(F)F)c2)c(=O)c2ccc(C(F)(F)F)nc21. The van der Waals surface area contributed by atoms with Crippen LogP contribution in [0.2, 0.25) is 0 Å². The molecule has 0 radical (unpaired) electrons. The van der Waals surface area contributed by atoms with Crippen LogP contribution in [-0.2, 0) is 25.9 Å². The van der Waals surface area contributed by atoms with E-state index in [0.717, 1.165) is 25.2 Å². The number of aliphatic hydroxyl groups excluding tert-OH is 1. The molecule has 3 rings (SSSR count). The summed E-state index contributed by atoms with van der Waals surface area (Å²) in [5, 5.41) is 9.97. The van der Waals surface area contributed by atoms with Crippen LogP contribution in [-0.4, -0.2) is 19.2 Å². The van der Waals surface area contributed by atoms with Gasteiger partial charge in [0.05, 0.1) is 23.6 Å². The highest BCUT2D eigenvalue weighted by molar-refractivity contribution is 5.74. The van der Waals surface area contributed by atoms with Gasteiger partial charge in [0.1, 0.15) is 11.3 Å². The van der Waals surface area contributed by atoms with Gasteiger partial charge in [-0.15, -0.1) is 0 Å². The predicted molar refractivity (Wildman–Crippen MR) is 92.6 cm³/mol. The summed E-state index contributed by atoms with van der Waals surface area (Å²) in [5.41, 5.74) is -5.13. The molecule has 0 spiro atoms. The molecule has 0 aliphatic carbocycles. The molecule has 1 unspecified atom stereocenters. The Hall–Kier alpha value is -3.15. The quantitative estimate of drug-likeness (QED) is 0.645. The third-order valence-corrected chi connectivity index (χ3v) is 4.43. The number of halogens is 6. The molecule has 0 saturated carbocycles. The molecule has 0 fully saturated rings. The molecule has 0 aliphatic rings. The number of fused-ring (bicyclic) bond motifs is 1. The molecule has 0 saturated heterocycles. The lowest BCUT2D eigenvalue weighted by molar-refractivity contribution is -0.141. The Balaban J connectivity index is 2.07. The van der Waals surface area contributed by atoms with Crippen LogP contribution in [0.4, 0.5) is 26.3 Å². The van der Waals surface area contributed by atoms with Crippen LogP contribution in [0, 0.1) is 0 Å². The van der Waals surface area contributed by atoms with Crippen molar-refractivity contribution in [2.75, 3.05) is 0 Å². The molecule has 30 heavy (non-hydrogen) atoms. The van der Waals surface area contributed by atoms with Crippen LogP contribution in [0.5, 0.6) is 0 Å². The number of aliphatic hydroxyl groups is 1. The van der Waals surface area contributed by atoms with Crippen LogP contribution in [0.15, 0.2) is 46.0 Å². The van der Waals surface area contributed by atoms with E-state index >= 15 is 0 Å². The summed E-state index contributed by atoms with van der Waals surface area (Å²) in [4.78, 5) is 28.4. The average molecular weight is 433 g/mol. The van der Waals surface area contributed by atoms with Crippen molar-refractivity contribution in [3.8, 4) is 0 Å². The normalized spacial score (nSPS) is 13.6. The van der Waals surface area contributed by atoms with Crippen molar-refractivity contribution in [2.24, 2.45) is 7.05 Å². The van der Waals surface area contributed by atoms with E-state index in [1.807, 2.05) is 0 Å². The highest BCUT2D eigenvalue weighted by atomic mass is 19.4. The number of hydrogen-bond acceptors (Lipinski definition) is 4. The minimum absolute atomic E-state index is 0.190. The molecular formula is C18H13F6N3O3. The second-order valence-electron chi connectivity index (χ2n) is 6.46. The van der Waals surface area contributed by atoms with Gasteiger partial charge >= 0.3 is 18.0 Å². The topological polar surface area (TPSA) is 77.1 Å². The van der Waals surface area contributed by atoms with Crippen molar-refractivity contribution in [1.29, 1.82) is 0 Å². The zero-order valence-electron chi connectivity index (χ0n) is 15.1. The van der Waals surface area contributed by atoms with E-state index in [-0.39, 0.29) is 10.9 Å². The fraction of sp³-hybridized carbons (Fsp3) is 0.278. The summed E-state index contributed by atoms with van der Waals surface area (Å²) < 4.78 is 78.4. The maximum atomic E-state index is 12.9. The molecule has 0 bridgehead atoms. The van der Waals surface area contributed by atoms with Crippen molar-refractivity contribution in [3.05, 3.63) is 74.1 Å². The van der Waals surface area contributed by atoms with Gasteiger partial charge in [0, 0.05) is 7.05 Å². The Morgan fingerprint density at radius 1 is 1.03 bits per heavy atom. The van der Waals surface area contributed by atoms with Crippen molar-refractivity contribution < 1.29 is 31.4 Å². The first-order valence-corrected chi connectivity index (χ1v) is 8.33. The van der Waals surface area contributed by atoms with Gasteiger partial charge < -0.3 is 5.11 Å². The van der Waals surface area contributed by atoms with Gasteiger partial charge in [-0.05, 0) is 29.8 Å². The van der Waals surface area contributed by atoms with Gasteiger partial charge in [-0.2, -0.15) is 26.3 Å². The number of rotatable bonds is 3. The lowest BCUT2D eigenvalue weighted by atomic mass is 10.1. The summed E-state index contributed by atoms with van der Waals surface area (Å²) in [7, 11) is 1.09. The third kappa shape index (κ3) is 3.95. The second kappa shape index (κ2) is 7.27. The maximum absolute atomic E-state index is 12.9. The average Bonchev–Trinajstić information content (AvgIpc) is 2.67. The molecule has 12 heteroatoms. The molecule has 6 nitrogen and oxygen atoms in total. The number of alkyl halides is 6. The molecule has 3 aromatic rings. The summed E-state index contributed by atoms with van der Waals surface area (Å²) >= 11 is 0. The molecule has 2 aromatic heterocycles. The molecule has 2 heterocycles. The van der Waals surface area contributed by atoms with E-state index in [1.165, 1.54) is 6.07 Å². The molecular weight excluding hydrogens is 420 g/mol. The molecule has 1 atom stereocenters. The van der Waals surface area contributed by atoms with Gasteiger partial charge in [0.15, 0.2) is 0 Å². The number of pyridine rings is 1. The third-order valence-electron chi connectivity index (χ3n) is 4.43. The largest absolute Gasteiger partial charge is 0.433 e. The number of nitrogens with zero attached hydrogens (tertiary/aromatic N) is 3. The molecule has 0 aliphatic heterocycles. The monoisotopic (exact) mass is 433 g/mol. The Labute approximate surface area is 163 Å². The Morgan fingerprint density at radius 3 is 2.30 bits per heavy atom. The molecule has 0 amide bonds. The van der Waals surface area contributed by atoms with Crippen LogP contribution in [0.3, 0.4) is 0 Å². The van der Waals surface area contributed by atoms with Gasteiger partial charge in [0.25, 0.3) is 5.56 Å². The van der Waals surface area contributed by atoms with E-state index in [0.29, 0.717) is 21.3 Å². The standard InChI is InChI=1S/C18H13F6N3O3/c1-26-14-11(5-6-13(25-14)18(22,23)24)15(29)27(16(26)30)8-12(28)9-3-2-4-10(7-9)17(19,20)21/h2-7,12,28H,8H2,1H3. The lowest BCUT2D eigenvalue weighted by Gasteiger charge is -2.16. The van der Waals surface area contributed by atoms with Gasteiger partial charge in [0.2, 0.25) is 0 Å². The molecule has 160 valence electrons. The van der Waals surface area contributed by atoms with Crippen molar-refractivity contribution in [3.63, 3.8) is 0 Å². The first-order chi connectivity index (χ1) is 13.8. The Morgan fingerprint density at radius 2 is 1.70 bits per heavy atom. The Kier molecular flexibility index (Phi) is 5.23. The minimum Gasteiger partial charge on any atom is -0.387 e. The van der Waals surface area contributed by atoms with E-state index < -0.39 is 53.2 Å². The van der Waals surface area contributed by atoms with Crippen molar-refractivity contribution >= 4 is 11.0 Å². The number of aromatic nitrogens is 3. The van der Waals surface area contributed by atoms with Crippen molar-refractivity contribution in [2.45, 2.75) is 25.0 Å². The summed E-state index contributed by atoms with van der Waals surface area (Å²) in [6, 6.07) is 5.14. The smallest absolute Gasteiger partial charge is 0.387 e. The van der Waals surface area contributed by atoms with Gasteiger partial charge in [-0.3, -0.25) is 13.9 Å². The number of hydrogen-bond donors (Lipinski definition) is 1. The maximum Gasteiger partial charge on any atom is 0.433 e. The van der Waals surface area contributed by atoms with E-state index in [1.54, 1.807) is 0 Å². The van der Waals surface area contributed by atoms with Crippen LogP contribution in [0.1, 0.15) is 22.9 Å². The second-order valence-corrected chi connectivity index (χ2v) is 6.46.